The van der Waals surface area contributed by atoms with Crippen molar-refractivity contribution in [2.45, 2.75) is 33.6 Å². The Bertz CT molecular complexity index is 1330. The third kappa shape index (κ3) is 4.07. The predicted octanol–water partition coefficient (Wildman–Crippen LogP) is 5.36. The van der Waals surface area contributed by atoms with Crippen molar-refractivity contribution in [3.05, 3.63) is 64.2 Å². The van der Waals surface area contributed by atoms with E-state index in [1.165, 1.54) is 10.4 Å². The van der Waals surface area contributed by atoms with Crippen LogP contribution in [0.4, 0.5) is 0 Å². The number of benzene rings is 2. The zero-order chi connectivity index (χ0) is 23.1. The van der Waals surface area contributed by atoms with Gasteiger partial charge in [-0.2, -0.15) is 5.10 Å². The molecule has 2 aromatic heterocycles. The van der Waals surface area contributed by atoms with E-state index in [0.717, 1.165) is 32.9 Å². The molecule has 4 aromatic rings. The summed E-state index contributed by atoms with van der Waals surface area (Å²) in [6.07, 6.45) is 0. The molecule has 0 radical (unpaired) electrons. The van der Waals surface area contributed by atoms with Gasteiger partial charge in [0, 0.05) is 28.9 Å². The van der Waals surface area contributed by atoms with Crippen molar-refractivity contribution in [2.75, 3.05) is 26.3 Å². The molecule has 33 heavy (non-hydrogen) atoms. The molecule has 0 saturated carbocycles. The van der Waals surface area contributed by atoms with E-state index in [1.54, 1.807) is 11.3 Å². The van der Waals surface area contributed by atoms with Crippen molar-refractivity contribution in [3.63, 3.8) is 0 Å². The first-order valence-corrected chi connectivity index (χ1v) is 12.2. The third-order valence-electron chi connectivity index (χ3n) is 5.98. The zero-order valence-corrected chi connectivity index (χ0v) is 20.3. The van der Waals surface area contributed by atoms with Crippen LogP contribution in [-0.2, 0) is 4.74 Å². The number of hydrogen-bond donors (Lipinski definition) is 0. The molecule has 6 nitrogen and oxygen atoms in total. The molecule has 1 aliphatic rings. The number of carbonyl (C=O) groups excluding carboxylic acids is 1. The maximum absolute atomic E-state index is 13.4. The molecule has 0 atom stereocenters. The largest absolute Gasteiger partial charge is 0.378 e. The Hall–Kier alpha value is -3.03. The van der Waals surface area contributed by atoms with Gasteiger partial charge in [0.25, 0.3) is 5.91 Å². The summed E-state index contributed by atoms with van der Waals surface area (Å²) in [5.41, 5.74) is 5.78. The first kappa shape index (κ1) is 21.8. The second-order valence-electron chi connectivity index (χ2n) is 8.92. The van der Waals surface area contributed by atoms with Crippen molar-refractivity contribution >= 4 is 28.1 Å². The van der Waals surface area contributed by atoms with Gasteiger partial charge in [0.1, 0.15) is 0 Å². The maximum Gasteiger partial charge on any atom is 0.275 e. The van der Waals surface area contributed by atoms with Crippen molar-refractivity contribution in [3.8, 4) is 16.4 Å². The van der Waals surface area contributed by atoms with E-state index in [9.17, 15) is 4.79 Å². The normalized spacial score (nSPS) is 14.4. The number of carbonyl (C=O) groups is 1. The quantitative estimate of drug-likeness (QED) is 0.411. The Balaban J connectivity index is 1.66. The van der Waals surface area contributed by atoms with Crippen LogP contribution in [0.2, 0.25) is 0 Å². The minimum atomic E-state index is -0.0489. The van der Waals surface area contributed by atoms with Crippen molar-refractivity contribution in [1.29, 1.82) is 0 Å². The number of fused-ring (bicyclic) bond motifs is 1. The van der Waals surface area contributed by atoms with Crippen molar-refractivity contribution in [2.24, 2.45) is 0 Å². The van der Waals surface area contributed by atoms with E-state index in [2.05, 4.69) is 51.1 Å². The topological polar surface area (TPSA) is 60.2 Å². The first-order chi connectivity index (χ1) is 15.9. The van der Waals surface area contributed by atoms with Gasteiger partial charge in [-0.1, -0.05) is 60.6 Å². The Labute approximate surface area is 197 Å². The molecular weight excluding hydrogens is 432 g/mol. The summed E-state index contributed by atoms with van der Waals surface area (Å²) in [5.74, 6) is 0.275. The summed E-state index contributed by atoms with van der Waals surface area (Å²) in [5, 5.41) is 6.48. The molecule has 0 bridgehead atoms. The number of thiazole rings is 1. The molecule has 0 aliphatic carbocycles. The molecule has 2 aromatic carbocycles. The molecule has 1 saturated heterocycles. The highest BCUT2D eigenvalue weighted by Gasteiger charge is 2.26. The lowest BCUT2D eigenvalue weighted by Crippen LogP contribution is -2.41. The fraction of sp³-hybridized carbons (Fsp3) is 0.346. The molecule has 1 aliphatic heterocycles. The van der Waals surface area contributed by atoms with E-state index in [4.69, 9.17) is 14.8 Å². The minimum absolute atomic E-state index is 0.0489. The number of morpholine rings is 1. The number of amides is 1. The lowest BCUT2D eigenvalue weighted by atomic mass is 10.0. The Morgan fingerprint density at radius 1 is 1.06 bits per heavy atom. The smallest absolute Gasteiger partial charge is 0.275 e. The minimum Gasteiger partial charge on any atom is -0.378 e. The van der Waals surface area contributed by atoms with Gasteiger partial charge < -0.3 is 9.64 Å². The van der Waals surface area contributed by atoms with E-state index in [-0.39, 0.29) is 5.91 Å². The van der Waals surface area contributed by atoms with Gasteiger partial charge in [0.2, 0.25) is 5.13 Å². The van der Waals surface area contributed by atoms with Gasteiger partial charge in [-0.05, 0) is 38.0 Å². The van der Waals surface area contributed by atoms with Gasteiger partial charge in [-0.15, -0.1) is 0 Å². The van der Waals surface area contributed by atoms with Gasteiger partial charge in [0.05, 0.1) is 24.4 Å². The third-order valence-corrected chi connectivity index (χ3v) is 7.31. The summed E-state index contributed by atoms with van der Waals surface area (Å²) in [7, 11) is 0. The van der Waals surface area contributed by atoms with E-state index < -0.39 is 0 Å². The van der Waals surface area contributed by atoms with Crippen molar-refractivity contribution < 1.29 is 9.53 Å². The SMILES string of the molecule is Cc1cccc(-c2nc(-n3nc(C(=O)N4CCOCC4)c4cc(C)ccc43)sc2C(C)C)c1. The Morgan fingerprint density at radius 3 is 2.55 bits per heavy atom. The Morgan fingerprint density at radius 2 is 1.82 bits per heavy atom. The molecule has 1 fully saturated rings. The summed E-state index contributed by atoms with van der Waals surface area (Å²) in [4.78, 5) is 21.5. The monoisotopic (exact) mass is 460 g/mol. The highest BCUT2D eigenvalue weighted by molar-refractivity contribution is 7.14. The number of hydrogen-bond acceptors (Lipinski definition) is 5. The van der Waals surface area contributed by atoms with Crippen LogP contribution in [0, 0.1) is 13.8 Å². The van der Waals surface area contributed by atoms with E-state index in [0.29, 0.717) is 37.9 Å². The average molecular weight is 461 g/mol. The van der Waals surface area contributed by atoms with Crippen LogP contribution >= 0.6 is 11.3 Å². The fourth-order valence-electron chi connectivity index (χ4n) is 4.25. The summed E-state index contributed by atoms with van der Waals surface area (Å²) in [6.45, 7) is 10.8. The second kappa shape index (κ2) is 8.72. The summed E-state index contributed by atoms with van der Waals surface area (Å²) in [6, 6.07) is 14.6. The molecule has 1 amide bonds. The number of aromatic nitrogens is 3. The lowest BCUT2D eigenvalue weighted by Gasteiger charge is -2.26. The van der Waals surface area contributed by atoms with Crippen LogP contribution < -0.4 is 0 Å². The van der Waals surface area contributed by atoms with Crippen molar-refractivity contribution in [1.82, 2.24) is 19.7 Å². The average Bonchev–Trinajstić information content (AvgIpc) is 3.41. The standard InChI is InChI=1S/C26H28N4O2S/c1-16(2)24-22(19-7-5-6-17(3)14-19)27-26(33-24)30-21-9-8-18(4)15-20(21)23(28-30)25(31)29-10-12-32-13-11-29/h5-9,14-16H,10-13H2,1-4H3. The lowest BCUT2D eigenvalue weighted by molar-refractivity contribution is 0.0300. The van der Waals surface area contributed by atoms with Gasteiger partial charge in [0.15, 0.2) is 5.69 Å². The highest BCUT2D eigenvalue weighted by Crippen LogP contribution is 2.37. The highest BCUT2D eigenvalue weighted by atomic mass is 32.1. The zero-order valence-electron chi connectivity index (χ0n) is 19.5. The fourth-order valence-corrected chi connectivity index (χ4v) is 5.31. The van der Waals surface area contributed by atoms with Crippen LogP contribution in [-0.4, -0.2) is 51.9 Å². The first-order valence-electron chi connectivity index (χ1n) is 11.4. The summed E-state index contributed by atoms with van der Waals surface area (Å²) < 4.78 is 7.27. The molecular formula is C26H28N4O2S. The molecule has 5 rings (SSSR count). The molecule has 7 heteroatoms. The van der Waals surface area contributed by atoms with Crippen LogP contribution in [0.5, 0.6) is 0 Å². The summed E-state index contributed by atoms with van der Waals surface area (Å²) >= 11 is 1.65. The van der Waals surface area contributed by atoms with Gasteiger partial charge in [-0.25, -0.2) is 9.67 Å². The number of nitrogens with zero attached hydrogens (tertiary/aromatic N) is 4. The number of ether oxygens (including phenoxy) is 1. The van der Waals surface area contributed by atoms with Crippen LogP contribution in [0.1, 0.15) is 46.3 Å². The van der Waals surface area contributed by atoms with E-state index >= 15 is 0 Å². The predicted molar refractivity (Wildman–Crippen MR) is 132 cm³/mol. The van der Waals surface area contributed by atoms with Gasteiger partial charge in [-0.3, -0.25) is 4.79 Å². The van der Waals surface area contributed by atoms with Crippen LogP contribution in [0.15, 0.2) is 42.5 Å². The molecule has 3 heterocycles. The maximum atomic E-state index is 13.4. The second-order valence-corrected chi connectivity index (χ2v) is 9.93. The molecule has 0 unspecified atom stereocenters. The van der Waals surface area contributed by atoms with Crippen LogP contribution in [0.3, 0.4) is 0 Å². The number of aryl methyl sites for hydroxylation is 2. The molecule has 0 N–H and O–H groups in total. The molecule has 0 spiro atoms. The molecule has 170 valence electrons. The van der Waals surface area contributed by atoms with Gasteiger partial charge >= 0.3 is 0 Å². The Kier molecular flexibility index (Phi) is 5.76. The van der Waals surface area contributed by atoms with E-state index in [1.807, 2.05) is 28.6 Å². The van der Waals surface area contributed by atoms with Crippen LogP contribution in [0.25, 0.3) is 27.3 Å². The number of rotatable bonds is 4.